The van der Waals surface area contributed by atoms with E-state index in [-0.39, 0.29) is 11.5 Å². The van der Waals surface area contributed by atoms with Crippen molar-refractivity contribution in [2.75, 3.05) is 14.2 Å². The molecule has 0 spiro atoms. The molecular formula is C10H13NO4. The molecule has 15 heavy (non-hydrogen) atoms. The van der Waals surface area contributed by atoms with Crippen molar-refractivity contribution in [3.05, 3.63) is 23.8 Å². The van der Waals surface area contributed by atoms with E-state index in [1.165, 1.54) is 25.3 Å². The normalized spacial score (nSPS) is 12.1. The molecule has 0 aliphatic rings. The molecule has 0 aliphatic heterocycles. The molecule has 0 fully saturated rings. The number of phenolic OH excluding ortho intramolecular Hbond substituents is 2. The maximum Gasteiger partial charge on any atom is 0.327 e. The molecule has 0 radical (unpaired) electrons. The average Bonchev–Trinajstić information content (AvgIpc) is 2.24. The quantitative estimate of drug-likeness (QED) is 0.502. The Morgan fingerprint density at radius 1 is 1.40 bits per heavy atom. The van der Waals surface area contributed by atoms with Gasteiger partial charge in [0.15, 0.2) is 11.5 Å². The molecule has 0 saturated carbocycles. The van der Waals surface area contributed by atoms with E-state index in [0.717, 1.165) is 0 Å². The van der Waals surface area contributed by atoms with Crippen molar-refractivity contribution in [1.29, 1.82) is 0 Å². The number of benzene rings is 1. The van der Waals surface area contributed by atoms with E-state index in [9.17, 15) is 9.90 Å². The molecule has 0 bridgehead atoms. The monoisotopic (exact) mass is 211 g/mol. The topological polar surface area (TPSA) is 78.8 Å². The molecule has 0 heterocycles. The van der Waals surface area contributed by atoms with Gasteiger partial charge in [0, 0.05) is 0 Å². The van der Waals surface area contributed by atoms with Crippen LogP contribution in [0.25, 0.3) is 0 Å². The Morgan fingerprint density at radius 2 is 2.07 bits per heavy atom. The second kappa shape index (κ2) is 4.65. The Bertz CT molecular complexity index is 364. The predicted molar refractivity (Wildman–Crippen MR) is 53.6 cm³/mol. The summed E-state index contributed by atoms with van der Waals surface area (Å²) in [6, 6.07) is 3.51. The first-order chi connectivity index (χ1) is 7.10. The Labute approximate surface area is 87.3 Å². The summed E-state index contributed by atoms with van der Waals surface area (Å²) in [6.45, 7) is 0. The molecule has 1 aromatic carbocycles. The fourth-order valence-electron chi connectivity index (χ4n) is 1.26. The minimum atomic E-state index is -0.651. The van der Waals surface area contributed by atoms with E-state index in [1.54, 1.807) is 7.05 Å². The van der Waals surface area contributed by atoms with Gasteiger partial charge < -0.3 is 20.3 Å². The zero-order chi connectivity index (χ0) is 11.4. The number of aromatic hydroxyl groups is 2. The van der Waals surface area contributed by atoms with Crippen LogP contribution >= 0.6 is 0 Å². The number of rotatable bonds is 3. The Kier molecular flexibility index (Phi) is 3.51. The Hall–Kier alpha value is -1.75. The summed E-state index contributed by atoms with van der Waals surface area (Å²) >= 11 is 0. The lowest BCUT2D eigenvalue weighted by molar-refractivity contribution is -0.143. The Morgan fingerprint density at radius 3 is 2.53 bits per heavy atom. The maximum absolute atomic E-state index is 11.3. The van der Waals surface area contributed by atoms with Gasteiger partial charge in [0.25, 0.3) is 0 Å². The van der Waals surface area contributed by atoms with Gasteiger partial charge in [0.2, 0.25) is 0 Å². The third kappa shape index (κ3) is 2.38. The van der Waals surface area contributed by atoms with Gasteiger partial charge in [-0.3, -0.25) is 0 Å². The highest BCUT2D eigenvalue weighted by molar-refractivity contribution is 5.77. The van der Waals surface area contributed by atoms with Crippen LogP contribution in [-0.4, -0.2) is 30.3 Å². The molecule has 0 aliphatic carbocycles. The largest absolute Gasteiger partial charge is 0.504 e. The third-order valence-corrected chi connectivity index (χ3v) is 2.06. The van der Waals surface area contributed by atoms with Gasteiger partial charge in [0.05, 0.1) is 7.11 Å². The highest BCUT2D eigenvalue weighted by Gasteiger charge is 2.19. The van der Waals surface area contributed by atoms with Crippen LogP contribution in [0.15, 0.2) is 18.2 Å². The average molecular weight is 211 g/mol. The highest BCUT2D eigenvalue weighted by Crippen LogP contribution is 2.27. The number of carbonyl (C=O) groups excluding carboxylic acids is 1. The van der Waals surface area contributed by atoms with Crippen molar-refractivity contribution < 1.29 is 19.7 Å². The van der Waals surface area contributed by atoms with Crippen molar-refractivity contribution in [2.24, 2.45) is 0 Å². The van der Waals surface area contributed by atoms with Crippen LogP contribution in [0, 0.1) is 0 Å². The van der Waals surface area contributed by atoms with Crippen LogP contribution < -0.4 is 5.32 Å². The van der Waals surface area contributed by atoms with E-state index in [4.69, 9.17) is 5.11 Å². The molecule has 1 atom stereocenters. The Balaban J connectivity index is 3.02. The predicted octanol–water partition coefficient (Wildman–Crippen LogP) is 0.531. The number of carbonyl (C=O) groups is 1. The number of ether oxygens (including phenoxy) is 1. The molecular weight excluding hydrogens is 198 g/mol. The van der Waals surface area contributed by atoms with Gasteiger partial charge in [-0.1, -0.05) is 6.07 Å². The van der Waals surface area contributed by atoms with Crippen molar-refractivity contribution >= 4 is 5.97 Å². The molecule has 5 heteroatoms. The van der Waals surface area contributed by atoms with Gasteiger partial charge in [-0.2, -0.15) is 0 Å². The number of methoxy groups -OCH3 is 1. The number of phenols is 2. The summed E-state index contributed by atoms with van der Waals surface area (Å²) in [4.78, 5) is 11.3. The summed E-state index contributed by atoms with van der Waals surface area (Å²) in [5.74, 6) is -0.947. The first-order valence-corrected chi connectivity index (χ1v) is 4.37. The van der Waals surface area contributed by atoms with Crippen molar-refractivity contribution in [3.8, 4) is 11.5 Å². The van der Waals surface area contributed by atoms with Crippen molar-refractivity contribution in [3.63, 3.8) is 0 Å². The van der Waals surface area contributed by atoms with Crippen LogP contribution in [0.1, 0.15) is 11.6 Å². The lowest BCUT2D eigenvalue weighted by Crippen LogP contribution is -2.26. The third-order valence-electron chi connectivity index (χ3n) is 2.06. The number of hydrogen-bond donors (Lipinski definition) is 3. The molecule has 3 N–H and O–H groups in total. The fraction of sp³-hybridized carbons (Fsp3) is 0.300. The minimum Gasteiger partial charge on any atom is -0.504 e. The standard InChI is InChI=1S/C10H13NO4/c1-11-9(10(14)15-2)6-3-4-7(12)8(13)5-6/h3-5,9,11-13H,1-2H3. The number of esters is 1. The van der Waals surface area contributed by atoms with Crippen LogP contribution in [0.3, 0.4) is 0 Å². The number of likely N-dealkylation sites (N-methyl/N-ethyl adjacent to an activating group) is 1. The van der Waals surface area contributed by atoms with E-state index >= 15 is 0 Å². The summed E-state index contributed by atoms with van der Waals surface area (Å²) in [5.41, 5.74) is 0.527. The van der Waals surface area contributed by atoms with Gasteiger partial charge >= 0.3 is 5.97 Å². The SMILES string of the molecule is CNC(C(=O)OC)c1ccc(O)c(O)c1. The minimum absolute atomic E-state index is 0.224. The maximum atomic E-state index is 11.3. The molecule has 0 saturated heterocycles. The second-order valence-corrected chi connectivity index (χ2v) is 2.99. The van der Waals surface area contributed by atoms with Crippen LogP contribution in [0.2, 0.25) is 0 Å². The van der Waals surface area contributed by atoms with Crippen LogP contribution in [-0.2, 0) is 9.53 Å². The first kappa shape index (κ1) is 11.3. The summed E-state index contributed by atoms with van der Waals surface area (Å²) < 4.78 is 4.58. The zero-order valence-corrected chi connectivity index (χ0v) is 8.52. The van der Waals surface area contributed by atoms with Crippen molar-refractivity contribution in [2.45, 2.75) is 6.04 Å². The van der Waals surface area contributed by atoms with E-state index < -0.39 is 12.0 Å². The summed E-state index contributed by atoms with van der Waals surface area (Å²) in [6.07, 6.45) is 0. The van der Waals surface area contributed by atoms with E-state index in [0.29, 0.717) is 5.56 Å². The van der Waals surface area contributed by atoms with Crippen molar-refractivity contribution in [1.82, 2.24) is 5.32 Å². The lowest BCUT2D eigenvalue weighted by Gasteiger charge is -2.14. The second-order valence-electron chi connectivity index (χ2n) is 2.99. The summed E-state index contributed by atoms with van der Waals surface area (Å²) in [7, 11) is 2.89. The number of nitrogens with one attached hydrogen (secondary N) is 1. The van der Waals surface area contributed by atoms with Gasteiger partial charge in [-0.05, 0) is 24.7 Å². The fourth-order valence-corrected chi connectivity index (χ4v) is 1.26. The lowest BCUT2D eigenvalue weighted by atomic mass is 10.1. The van der Waals surface area contributed by atoms with E-state index in [2.05, 4.69) is 10.1 Å². The molecule has 0 aromatic heterocycles. The smallest absolute Gasteiger partial charge is 0.327 e. The first-order valence-electron chi connectivity index (χ1n) is 4.37. The molecule has 0 amide bonds. The number of hydrogen-bond acceptors (Lipinski definition) is 5. The molecule has 1 aromatic rings. The van der Waals surface area contributed by atoms with Gasteiger partial charge in [-0.15, -0.1) is 0 Å². The molecule has 82 valence electrons. The van der Waals surface area contributed by atoms with Crippen LogP contribution in [0.5, 0.6) is 11.5 Å². The van der Waals surface area contributed by atoms with E-state index in [1.807, 2.05) is 0 Å². The molecule has 5 nitrogen and oxygen atoms in total. The van der Waals surface area contributed by atoms with Gasteiger partial charge in [0.1, 0.15) is 6.04 Å². The summed E-state index contributed by atoms with van der Waals surface area (Å²) in [5, 5.41) is 21.1. The zero-order valence-electron chi connectivity index (χ0n) is 8.52. The molecule has 1 unspecified atom stereocenters. The van der Waals surface area contributed by atoms with Crippen LogP contribution in [0.4, 0.5) is 0 Å². The molecule has 1 rings (SSSR count). The highest BCUT2D eigenvalue weighted by atomic mass is 16.5. The van der Waals surface area contributed by atoms with Gasteiger partial charge in [-0.25, -0.2) is 4.79 Å².